The third kappa shape index (κ3) is 5.57. The third-order valence-corrected chi connectivity index (χ3v) is 13.6. The molecule has 2 aliphatic heterocycles. The summed E-state index contributed by atoms with van der Waals surface area (Å²) in [5, 5.41) is 8.78. The molecule has 1 spiro atoms. The van der Waals surface area contributed by atoms with Crippen LogP contribution in [0.5, 0.6) is 0 Å². The van der Waals surface area contributed by atoms with Crippen LogP contribution in [-0.2, 0) is 5.41 Å². The minimum Gasteiger partial charge on any atom is -0.360 e. The molecule has 13 rings (SSSR count). The lowest BCUT2D eigenvalue weighted by Gasteiger charge is -2.45. The van der Waals surface area contributed by atoms with Crippen LogP contribution < -0.4 is 10.2 Å². The minimum absolute atomic E-state index is 0.341. The van der Waals surface area contributed by atoms with E-state index in [1.54, 1.807) is 0 Å². The number of nitrogens with one attached hydrogen (secondary N) is 1. The number of rotatable bonds is 5. The highest BCUT2D eigenvalue weighted by Gasteiger charge is 2.52. The second-order valence-electron chi connectivity index (χ2n) is 17.1. The van der Waals surface area contributed by atoms with Crippen molar-refractivity contribution in [2.45, 2.75) is 11.6 Å². The largest absolute Gasteiger partial charge is 0.360 e. The van der Waals surface area contributed by atoms with Crippen molar-refractivity contribution in [1.82, 2.24) is 5.32 Å². The lowest BCUT2D eigenvalue weighted by molar-refractivity contribution is 0.660. The summed E-state index contributed by atoms with van der Waals surface area (Å²) in [6.07, 6.45) is 1.86. The average Bonchev–Trinajstić information content (AvgIpc) is 3.66. The van der Waals surface area contributed by atoms with Crippen LogP contribution in [0.2, 0.25) is 0 Å². The topological polar surface area (TPSA) is 27.6 Å². The van der Waals surface area contributed by atoms with Crippen LogP contribution in [0.15, 0.2) is 242 Å². The Morgan fingerprint density at radius 3 is 1.53 bits per heavy atom. The van der Waals surface area contributed by atoms with Crippen molar-refractivity contribution in [2.75, 3.05) is 4.90 Å². The Bertz CT molecular complexity index is 3430. The van der Waals surface area contributed by atoms with E-state index >= 15 is 0 Å². The van der Waals surface area contributed by atoms with Crippen LogP contribution in [-0.4, -0.2) is 5.71 Å². The van der Waals surface area contributed by atoms with Gasteiger partial charge in [-0.1, -0.05) is 188 Å². The van der Waals surface area contributed by atoms with Crippen molar-refractivity contribution >= 4 is 50.0 Å². The first kappa shape index (κ1) is 36.4. The molecule has 10 aromatic carbocycles. The maximum absolute atomic E-state index is 5.55. The molecule has 0 saturated carbocycles. The lowest BCUT2D eigenvalue weighted by atomic mass is 9.64. The molecule has 0 bridgehead atoms. The molecule has 0 saturated heterocycles. The Labute approximate surface area is 373 Å². The summed E-state index contributed by atoms with van der Waals surface area (Å²) in [5.74, 6) is 0. The highest BCUT2D eigenvalue weighted by molar-refractivity contribution is 6.13. The van der Waals surface area contributed by atoms with Gasteiger partial charge in [-0.05, 0) is 131 Å². The standard InChI is InChI=1S/C61H41N3/c1-4-16-40(17-5-1)41-28-30-43(31-29-41)57-39-56(42-18-6-2-7-19-42)62-60(63-57)48-32-33-51-50-26-14-15-27-52(50)61(53(51)36-48)54-34-44-20-10-12-22-46(44)37-58(54)64(49-24-8-3-9-25-49)59-38-47-23-13-11-21-45(47)35-55(59)61/h1-39,60,62H. The molecule has 1 atom stereocenters. The number of anilines is 3. The highest BCUT2D eigenvalue weighted by atomic mass is 15.2. The Balaban J connectivity index is 1.06. The molecular weight excluding hydrogens is 775 g/mol. The Hall–Kier alpha value is -8.27. The van der Waals surface area contributed by atoms with E-state index in [0.717, 1.165) is 33.8 Å². The summed E-state index contributed by atoms with van der Waals surface area (Å²) in [5.41, 5.74) is 18.2. The predicted molar refractivity (Wildman–Crippen MR) is 266 cm³/mol. The minimum atomic E-state index is -0.640. The number of hydrogen-bond donors (Lipinski definition) is 1. The zero-order valence-corrected chi connectivity index (χ0v) is 35.0. The van der Waals surface area contributed by atoms with Crippen molar-refractivity contribution in [3.05, 3.63) is 276 Å². The maximum Gasteiger partial charge on any atom is 0.145 e. The molecule has 300 valence electrons. The number of aliphatic imine (C=N–C) groups is 1. The van der Waals surface area contributed by atoms with Gasteiger partial charge in [0.25, 0.3) is 0 Å². The van der Waals surface area contributed by atoms with Crippen molar-refractivity contribution in [2.24, 2.45) is 4.99 Å². The molecule has 1 unspecified atom stereocenters. The molecule has 3 heteroatoms. The summed E-state index contributed by atoms with van der Waals surface area (Å²) < 4.78 is 0. The van der Waals surface area contributed by atoms with Gasteiger partial charge in [-0.25, -0.2) is 0 Å². The zero-order valence-electron chi connectivity index (χ0n) is 35.0. The van der Waals surface area contributed by atoms with Gasteiger partial charge >= 0.3 is 0 Å². The van der Waals surface area contributed by atoms with Crippen molar-refractivity contribution in [3.63, 3.8) is 0 Å². The Morgan fingerprint density at radius 1 is 0.391 bits per heavy atom. The van der Waals surface area contributed by atoms with E-state index in [4.69, 9.17) is 4.99 Å². The van der Waals surface area contributed by atoms with E-state index in [2.05, 4.69) is 247 Å². The third-order valence-electron chi connectivity index (χ3n) is 13.6. The van der Waals surface area contributed by atoms with Gasteiger partial charge in [0.2, 0.25) is 0 Å². The summed E-state index contributed by atoms with van der Waals surface area (Å²) in [6.45, 7) is 0. The molecular formula is C61H41N3. The lowest BCUT2D eigenvalue weighted by Crippen LogP contribution is -2.36. The van der Waals surface area contributed by atoms with E-state index in [0.29, 0.717) is 0 Å². The first-order chi connectivity index (χ1) is 31.7. The smallest absolute Gasteiger partial charge is 0.145 e. The van der Waals surface area contributed by atoms with Gasteiger partial charge in [0.15, 0.2) is 0 Å². The second kappa shape index (κ2) is 14.4. The molecule has 10 aromatic rings. The molecule has 0 aromatic heterocycles. The van der Waals surface area contributed by atoms with E-state index < -0.39 is 5.41 Å². The highest BCUT2D eigenvalue weighted by Crippen LogP contribution is 2.64. The summed E-state index contributed by atoms with van der Waals surface area (Å²) >= 11 is 0. The van der Waals surface area contributed by atoms with Crippen molar-refractivity contribution < 1.29 is 0 Å². The van der Waals surface area contributed by atoms with Gasteiger partial charge in [0, 0.05) is 11.4 Å². The van der Waals surface area contributed by atoms with Crippen LogP contribution >= 0.6 is 0 Å². The first-order valence-electron chi connectivity index (χ1n) is 22.1. The Morgan fingerprint density at radius 2 is 0.891 bits per heavy atom. The Kier molecular flexibility index (Phi) is 8.19. The van der Waals surface area contributed by atoms with Gasteiger partial charge in [-0.15, -0.1) is 0 Å². The zero-order chi connectivity index (χ0) is 42.2. The van der Waals surface area contributed by atoms with Gasteiger partial charge in [0.05, 0.1) is 22.5 Å². The van der Waals surface area contributed by atoms with Crippen LogP contribution in [0.4, 0.5) is 17.1 Å². The average molecular weight is 816 g/mol. The maximum atomic E-state index is 5.55. The summed E-state index contributed by atoms with van der Waals surface area (Å²) in [4.78, 5) is 8.05. The number of benzene rings is 10. The van der Waals surface area contributed by atoms with Crippen LogP contribution in [0.1, 0.15) is 45.1 Å². The molecule has 1 aliphatic carbocycles. The predicted octanol–water partition coefficient (Wildman–Crippen LogP) is 14.9. The second-order valence-corrected chi connectivity index (χ2v) is 17.1. The van der Waals surface area contributed by atoms with Crippen LogP contribution in [0, 0.1) is 0 Å². The van der Waals surface area contributed by atoms with Gasteiger partial charge in [0.1, 0.15) is 6.17 Å². The van der Waals surface area contributed by atoms with Crippen molar-refractivity contribution in [3.8, 4) is 22.3 Å². The van der Waals surface area contributed by atoms with Crippen LogP contribution in [0.3, 0.4) is 0 Å². The molecule has 2 heterocycles. The molecule has 0 fully saturated rings. The number of allylic oxidation sites excluding steroid dienone is 1. The fourth-order valence-electron chi connectivity index (χ4n) is 10.7. The molecule has 1 N–H and O–H groups in total. The van der Waals surface area contributed by atoms with Crippen molar-refractivity contribution in [1.29, 1.82) is 0 Å². The van der Waals surface area contributed by atoms with Gasteiger partial charge in [-0.2, -0.15) is 0 Å². The number of hydrogen-bond acceptors (Lipinski definition) is 3. The monoisotopic (exact) mass is 815 g/mol. The number of fused-ring (bicyclic) bond motifs is 11. The normalized spacial score (nSPS) is 15.4. The molecule has 0 radical (unpaired) electrons. The fraction of sp³-hybridized carbons (Fsp3) is 0.0328. The fourth-order valence-corrected chi connectivity index (χ4v) is 10.7. The SMILES string of the molecule is C1=C(c2ccccc2)NC(c2ccc3c(c2)C2(c4ccccc4-3)c3cc4ccccc4cc3N(c3ccccc3)c3cc4ccccc4cc32)N=C1c1ccc(-c2ccccc2)cc1. The number of para-hydroxylation sites is 1. The van der Waals surface area contributed by atoms with Gasteiger partial charge < -0.3 is 10.2 Å². The molecule has 0 amide bonds. The van der Waals surface area contributed by atoms with E-state index in [-0.39, 0.29) is 6.17 Å². The number of nitrogens with zero attached hydrogens (tertiary/aromatic N) is 2. The van der Waals surface area contributed by atoms with Crippen LogP contribution in [0.25, 0.3) is 49.5 Å². The quantitative estimate of drug-likeness (QED) is 0.187. The molecule has 3 aliphatic rings. The summed E-state index contributed by atoms with van der Waals surface area (Å²) in [6, 6.07) is 84.5. The van der Waals surface area contributed by atoms with E-state index in [1.165, 1.54) is 77.4 Å². The molecule has 64 heavy (non-hydrogen) atoms. The summed E-state index contributed by atoms with van der Waals surface area (Å²) in [7, 11) is 0. The van der Waals surface area contributed by atoms with Gasteiger partial charge in [-0.3, -0.25) is 4.99 Å². The van der Waals surface area contributed by atoms with E-state index in [9.17, 15) is 0 Å². The molecule has 3 nitrogen and oxygen atoms in total. The first-order valence-corrected chi connectivity index (χ1v) is 22.1. The van der Waals surface area contributed by atoms with E-state index in [1.807, 2.05) is 0 Å².